The molecular formula is C25H19N3O2S2. The third kappa shape index (κ3) is 4.35. The number of para-hydroxylation sites is 1. The number of nitrogens with zero attached hydrogens (tertiary/aromatic N) is 2. The van der Waals surface area contributed by atoms with Gasteiger partial charge in [0.2, 0.25) is 0 Å². The summed E-state index contributed by atoms with van der Waals surface area (Å²) < 4.78 is 5.96. The second-order valence-corrected chi connectivity index (χ2v) is 9.44. The molecule has 1 fully saturated rings. The average molecular weight is 458 g/mol. The van der Waals surface area contributed by atoms with E-state index < -0.39 is 0 Å². The molecule has 2 aromatic carbocycles. The summed E-state index contributed by atoms with van der Waals surface area (Å²) in [6.07, 6.45) is 3.54. The number of aliphatic imine (C=N–C) groups is 1. The van der Waals surface area contributed by atoms with Gasteiger partial charge in [-0.15, -0.1) is 0 Å². The Morgan fingerprint density at radius 2 is 1.97 bits per heavy atom. The summed E-state index contributed by atoms with van der Waals surface area (Å²) in [7, 11) is 0. The lowest BCUT2D eigenvalue weighted by molar-refractivity contribution is -0.115. The summed E-state index contributed by atoms with van der Waals surface area (Å²) in [5.41, 5.74) is 4.04. The van der Waals surface area contributed by atoms with Crippen LogP contribution < -0.4 is 5.32 Å². The van der Waals surface area contributed by atoms with Crippen LogP contribution in [0.3, 0.4) is 0 Å². The first-order valence-corrected chi connectivity index (χ1v) is 11.7. The minimum Gasteiger partial charge on any atom is -0.450 e. The molecule has 32 heavy (non-hydrogen) atoms. The lowest BCUT2D eigenvalue weighted by atomic mass is 10.1. The fourth-order valence-electron chi connectivity index (χ4n) is 3.38. The van der Waals surface area contributed by atoms with Gasteiger partial charge in [0, 0.05) is 22.6 Å². The van der Waals surface area contributed by atoms with Gasteiger partial charge in [-0.3, -0.25) is 9.78 Å². The molecule has 0 bridgehead atoms. The quantitative estimate of drug-likeness (QED) is 0.355. The van der Waals surface area contributed by atoms with E-state index in [4.69, 9.17) is 4.42 Å². The zero-order valence-corrected chi connectivity index (χ0v) is 19.1. The maximum Gasteiger partial charge on any atom is 0.264 e. The van der Waals surface area contributed by atoms with Gasteiger partial charge in [0.25, 0.3) is 5.91 Å². The molecule has 1 aliphatic heterocycles. The van der Waals surface area contributed by atoms with E-state index in [0.29, 0.717) is 15.8 Å². The first-order valence-electron chi connectivity index (χ1n) is 10.0. The van der Waals surface area contributed by atoms with E-state index in [-0.39, 0.29) is 5.91 Å². The van der Waals surface area contributed by atoms with Crippen LogP contribution in [0.1, 0.15) is 16.9 Å². The van der Waals surface area contributed by atoms with Crippen LogP contribution in [0, 0.1) is 13.8 Å². The number of amidine groups is 1. The average Bonchev–Trinajstić information content (AvgIpc) is 3.36. The molecule has 1 saturated heterocycles. The molecule has 0 atom stereocenters. The van der Waals surface area contributed by atoms with Crippen molar-refractivity contribution < 1.29 is 9.21 Å². The van der Waals surface area contributed by atoms with E-state index in [2.05, 4.69) is 21.4 Å². The normalized spacial score (nSPS) is 16.2. The molecule has 5 nitrogen and oxygen atoms in total. The van der Waals surface area contributed by atoms with E-state index in [0.717, 1.165) is 32.1 Å². The number of carbonyl (C=O) groups excluding carboxylic acids is 1. The number of pyridine rings is 1. The number of fused-ring (bicyclic) bond motifs is 1. The number of benzene rings is 2. The molecule has 7 heteroatoms. The Morgan fingerprint density at radius 3 is 2.84 bits per heavy atom. The van der Waals surface area contributed by atoms with Crippen LogP contribution in [0.4, 0.5) is 5.69 Å². The first kappa shape index (κ1) is 20.6. The predicted molar refractivity (Wildman–Crippen MR) is 131 cm³/mol. The number of hydrogen-bond acceptors (Lipinski definition) is 6. The fourth-order valence-corrected chi connectivity index (χ4v) is 5.10. The van der Waals surface area contributed by atoms with Crippen LogP contribution in [0.25, 0.3) is 17.0 Å². The van der Waals surface area contributed by atoms with Gasteiger partial charge in [-0.2, -0.15) is 0 Å². The lowest BCUT2D eigenvalue weighted by Crippen LogP contribution is -2.19. The summed E-state index contributed by atoms with van der Waals surface area (Å²) in [6.45, 7) is 4.06. The summed E-state index contributed by atoms with van der Waals surface area (Å²) in [5, 5.41) is 5.22. The van der Waals surface area contributed by atoms with Gasteiger partial charge in [-0.1, -0.05) is 35.9 Å². The zero-order chi connectivity index (χ0) is 22.1. The predicted octanol–water partition coefficient (Wildman–Crippen LogP) is 6.49. The van der Waals surface area contributed by atoms with Gasteiger partial charge < -0.3 is 9.73 Å². The highest BCUT2D eigenvalue weighted by Crippen LogP contribution is 2.35. The fraction of sp³-hybridized carbons (Fsp3) is 0.0800. The Bertz CT molecular complexity index is 1400. The van der Waals surface area contributed by atoms with Crippen LogP contribution >= 0.6 is 23.5 Å². The van der Waals surface area contributed by atoms with E-state index in [1.807, 2.05) is 68.4 Å². The molecule has 0 saturated carbocycles. The zero-order valence-electron chi connectivity index (χ0n) is 17.5. The van der Waals surface area contributed by atoms with E-state index >= 15 is 0 Å². The molecule has 3 heterocycles. The van der Waals surface area contributed by atoms with Gasteiger partial charge in [0.15, 0.2) is 10.3 Å². The number of aromatic nitrogens is 1. The van der Waals surface area contributed by atoms with Gasteiger partial charge in [0.05, 0.1) is 16.1 Å². The molecule has 1 N–H and O–H groups in total. The van der Waals surface area contributed by atoms with Crippen molar-refractivity contribution in [3.05, 3.63) is 88.7 Å². The smallest absolute Gasteiger partial charge is 0.264 e. The number of amides is 1. The highest BCUT2D eigenvalue weighted by Gasteiger charge is 2.24. The van der Waals surface area contributed by atoms with Crippen LogP contribution in [-0.2, 0) is 4.79 Å². The lowest BCUT2D eigenvalue weighted by Gasteiger charge is -2.02. The van der Waals surface area contributed by atoms with Gasteiger partial charge in [-0.05, 0) is 73.3 Å². The van der Waals surface area contributed by atoms with Crippen molar-refractivity contribution in [2.24, 2.45) is 4.99 Å². The van der Waals surface area contributed by atoms with Crippen molar-refractivity contribution in [1.82, 2.24) is 10.3 Å². The number of rotatable bonds is 4. The monoisotopic (exact) mass is 457 g/mol. The minimum absolute atomic E-state index is 0.178. The van der Waals surface area contributed by atoms with E-state index in [1.54, 1.807) is 12.3 Å². The van der Waals surface area contributed by atoms with Crippen molar-refractivity contribution in [3.8, 4) is 0 Å². The van der Waals surface area contributed by atoms with Crippen LogP contribution in [-0.4, -0.2) is 16.1 Å². The largest absolute Gasteiger partial charge is 0.450 e. The Labute approximate surface area is 194 Å². The summed E-state index contributed by atoms with van der Waals surface area (Å²) in [4.78, 5) is 23.1. The SMILES string of the molecule is Cc1ccc(N=C2NC(=O)/C(=C/c3ccc(Sc4cccc5cccnc45)o3)S2)c(C)c1. The minimum atomic E-state index is -0.178. The number of carbonyl (C=O) groups is 1. The highest BCUT2D eigenvalue weighted by atomic mass is 32.2. The van der Waals surface area contributed by atoms with Crippen molar-refractivity contribution >= 4 is 57.3 Å². The van der Waals surface area contributed by atoms with Crippen molar-refractivity contribution in [1.29, 1.82) is 0 Å². The van der Waals surface area contributed by atoms with Crippen LogP contribution in [0.15, 0.2) is 91.2 Å². The molecule has 0 aliphatic carbocycles. The molecule has 2 aromatic heterocycles. The Hall–Kier alpha value is -3.29. The summed E-state index contributed by atoms with van der Waals surface area (Å²) in [6, 6.07) is 19.9. The second kappa shape index (κ2) is 8.68. The van der Waals surface area contributed by atoms with Gasteiger partial charge in [-0.25, -0.2) is 4.99 Å². The third-order valence-electron chi connectivity index (χ3n) is 4.91. The van der Waals surface area contributed by atoms with Crippen molar-refractivity contribution in [2.45, 2.75) is 23.8 Å². The molecule has 158 valence electrons. The van der Waals surface area contributed by atoms with Gasteiger partial charge >= 0.3 is 0 Å². The Kier molecular flexibility index (Phi) is 5.59. The molecule has 4 aromatic rings. The second-order valence-electron chi connectivity index (χ2n) is 7.36. The number of furan rings is 1. The number of thioether (sulfide) groups is 1. The van der Waals surface area contributed by atoms with E-state index in [1.165, 1.54) is 29.1 Å². The van der Waals surface area contributed by atoms with Crippen LogP contribution in [0.5, 0.6) is 0 Å². The Morgan fingerprint density at radius 1 is 1.09 bits per heavy atom. The van der Waals surface area contributed by atoms with Crippen molar-refractivity contribution in [2.75, 3.05) is 0 Å². The maximum atomic E-state index is 12.4. The third-order valence-corrected chi connectivity index (χ3v) is 6.79. The molecule has 0 unspecified atom stereocenters. The number of nitrogens with one attached hydrogen (secondary N) is 1. The highest BCUT2D eigenvalue weighted by molar-refractivity contribution is 8.18. The van der Waals surface area contributed by atoms with Gasteiger partial charge in [0.1, 0.15) is 5.76 Å². The molecule has 1 aliphatic rings. The van der Waals surface area contributed by atoms with Crippen LogP contribution in [0.2, 0.25) is 0 Å². The molecular weight excluding hydrogens is 438 g/mol. The topological polar surface area (TPSA) is 67.5 Å². The Balaban J connectivity index is 1.35. The number of aryl methyl sites for hydroxylation is 2. The standard InChI is InChI=1S/C25H19N3O2S2/c1-15-8-10-19(16(2)13-15)27-25-28-24(29)21(32-25)14-18-9-11-22(30-18)31-20-7-3-5-17-6-4-12-26-23(17)20/h3-14H,1-2H3,(H,27,28,29)/b21-14-. The molecule has 1 amide bonds. The molecule has 0 radical (unpaired) electrons. The maximum absolute atomic E-state index is 12.4. The summed E-state index contributed by atoms with van der Waals surface area (Å²) in [5.74, 6) is 0.438. The first-order chi connectivity index (χ1) is 15.5. The van der Waals surface area contributed by atoms with E-state index in [9.17, 15) is 4.79 Å². The number of hydrogen-bond donors (Lipinski definition) is 1. The summed E-state index contributed by atoms with van der Waals surface area (Å²) >= 11 is 2.82. The molecule has 0 spiro atoms. The molecule has 5 rings (SSSR count). The van der Waals surface area contributed by atoms with Crippen molar-refractivity contribution in [3.63, 3.8) is 0 Å².